The number of nitriles is 1. The van der Waals surface area contributed by atoms with E-state index in [1.807, 2.05) is 30.3 Å². The molecule has 2 aromatic carbocycles. The maximum Gasteiger partial charge on any atom is 0.293 e. The summed E-state index contributed by atoms with van der Waals surface area (Å²) in [5.41, 5.74) is 1.28. The van der Waals surface area contributed by atoms with Crippen molar-refractivity contribution in [2.24, 2.45) is 0 Å². The van der Waals surface area contributed by atoms with Crippen LogP contribution < -0.4 is 5.32 Å². The Morgan fingerprint density at radius 3 is 2.68 bits per heavy atom. The number of anilines is 2. The molecule has 0 bridgehead atoms. The first-order chi connectivity index (χ1) is 9.10. The molecule has 94 valence electrons. The fraction of sp³-hybridized carbons (Fsp3) is 0. The Bertz CT molecular complexity index is 680. The lowest BCUT2D eigenvalue weighted by Crippen LogP contribution is -1.97. The van der Waals surface area contributed by atoms with Crippen LogP contribution in [0.2, 0.25) is 0 Å². The standard InChI is InChI=1S/C13H8IN3O2/c14-10-2-1-3-11(7-10)16-12-5-4-9(8-15)6-13(12)17(18)19/h1-7,16H. The van der Waals surface area contributed by atoms with Crippen molar-refractivity contribution in [1.29, 1.82) is 5.26 Å². The lowest BCUT2D eigenvalue weighted by atomic mass is 10.2. The lowest BCUT2D eigenvalue weighted by molar-refractivity contribution is -0.383. The Labute approximate surface area is 123 Å². The third-order valence-electron chi connectivity index (χ3n) is 2.43. The normalized spacial score (nSPS) is 9.68. The zero-order valence-electron chi connectivity index (χ0n) is 9.63. The molecule has 0 radical (unpaired) electrons. The molecule has 2 aromatic rings. The molecule has 0 spiro atoms. The zero-order chi connectivity index (χ0) is 13.8. The van der Waals surface area contributed by atoms with Gasteiger partial charge < -0.3 is 5.32 Å². The minimum atomic E-state index is -0.503. The summed E-state index contributed by atoms with van der Waals surface area (Å²) in [5, 5.41) is 22.8. The van der Waals surface area contributed by atoms with Crippen LogP contribution in [-0.2, 0) is 0 Å². The van der Waals surface area contributed by atoms with E-state index < -0.39 is 4.92 Å². The van der Waals surface area contributed by atoms with Crippen LogP contribution in [-0.4, -0.2) is 4.92 Å². The number of hydrogen-bond acceptors (Lipinski definition) is 4. The van der Waals surface area contributed by atoms with Crippen LogP contribution in [0.1, 0.15) is 5.56 Å². The molecule has 0 heterocycles. The van der Waals surface area contributed by atoms with E-state index >= 15 is 0 Å². The van der Waals surface area contributed by atoms with E-state index in [0.717, 1.165) is 9.26 Å². The fourth-order valence-corrected chi connectivity index (χ4v) is 2.12. The van der Waals surface area contributed by atoms with Crippen LogP contribution in [0.5, 0.6) is 0 Å². The van der Waals surface area contributed by atoms with Gasteiger partial charge in [-0.15, -0.1) is 0 Å². The molecule has 2 rings (SSSR count). The van der Waals surface area contributed by atoms with Gasteiger partial charge in [0.25, 0.3) is 5.69 Å². The van der Waals surface area contributed by atoms with E-state index in [9.17, 15) is 10.1 Å². The molecule has 0 atom stereocenters. The number of nitrogens with one attached hydrogen (secondary N) is 1. The van der Waals surface area contributed by atoms with Crippen molar-refractivity contribution in [2.45, 2.75) is 0 Å². The highest BCUT2D eigenvalue weighted by Gasteiger charge is 2.14. The first-order valence-corrected chi connectivity index (χ1v) is 6.39. The van der Waals surface area contributed by atoms with E-state index in [1.54, 1.807) is 6.07 Å². The molecular weight excluding hydrogens is 357 g/mol. The van der Waals surface area contributed by atoms with Gasteiger partial charge in [-0.25, -0.2) is 0 Å². The second kappa shape index (κ2) is 5.67. The van der Waals surface area contributed by atoms with Crippen LogP contribution in [0.15, 0.2) is 42.5 Å². The Hall–Kier alpha value is -2.14. The average Bonchev–Trinajstić information content (AvgIpc) is 2.39. The van der Waals surface area contributed by atoms with Crippen LogP contribution >= 0.6 is 22.6 Å². The summed E-state index contributed by atoms with van der Waals surface area (Å²) in [6.45, 7) is 0. The third-order valence-corrected chi connectivity index (χ3v) is 3.10. The van der Waals surface area contributed by atoms with Gasteiger partial charge in [0.1, 0.15) is 5.69 Å². The molecule has 0 amide bonds. The smallest absolute Gasteiger partial charge is 0.293 e. The van der Waals surface area contributed by atoms with Crippen molar-refractivity contribution in [3.63, 3.8) is 0 Å². The van der Waals surface area contributed by atoms with E-state index in [-0.39, 0.29) is 11.3 Å². The van der Waals surface area contributed by atoms with Gasteiger partial charge in [-0.3, -0.25) is 10.1 Å². The topological polar surface area (TPSA) is 79.0 Å². The Kier molecular flexibility index (Phi) is 3.97. The second-order valence-corrected chi connectivity index (χ2v) is 4.98. The van der Waals surface area contributed by atoms with Gasteiger partial charge in [0.15, 0.2) is 0 Å². The molecule has 6 heteroatoms. The molecule has 19 heavy (non-hydrogen) atoms. The predicted molar refractivity (Wildman–Crippen MR) is 80.3 cm³/mol. The lowest BCUT2D eigenvalue weighted by Gasteiger charge is -2.07. The third kappa shape index (κ3) is 3.20. The van der Waals surface area contributed by atoms with Crippen LogP contribution in [0, 0.1) is 25.0 Å². The molecule has 0 saturated carbocycles. The number of nitro groups is 1. The quantitative estimate of drug-likeness (QED) is 0.510. The predicted octanol–water partition coefficient (Wildman–Crippen LogP) is 3.81. The van der Waals surface area contributed by atoms with Crippen LogP contribution in [0.25, 0.3) is 0 Å². The van der Waals surface area contributed by atoms with Crippen molar-refractivity contribution in [3.05, 3.63) is 61.7 Å². The maximum absolute atomic E-state index is 11.0. The highest BCUT2D eigenvalue weighted by Crippen LogP contribution is 2.28. The summed E-state index contributed by atoms with van der Waals surface area (Å²) < 4.78 is 1.03. The number of hydrogen-bond donors (Lipinski definition) is 1. The summed E-state index contributed by atoms with van der Waals surface area (Å²) in [5.74, 6) is 0. The van der Waals surface area contributed by atoms with Gasteiger partial charge in [-0.05, 0) is 52.9 Å². The number of nitro benzene ring substituents is 1. The number of nitrogens with zero attached hydrogens (tertiary/aromatic N) is 2. The van der Waals surface area contributed by atoms with Crippen molar-refractivity contribution in [2.75, 3.05) is 5.32 Å². The number of benzene rings is 2. The number of rotatable bonds is 3. The first-order valence-electron chi connectivity index (χ1n) is 5.31. The summed E-state index contributed by atoms with van der Waals surface area (Å²) in [6, 6.07) is 13.7. The molecule has 0 saturated heterocycles. The Morgan fingerprint density at radius 2 is 2.05 bits per heavy atom. The van der Waals surface area contributed by atoms with Crippen molar-refractivity contribution >= 4 is 39.7 Å². The molecule has 0 aliphatic heterocycles. The van der Waals surface area contributed by atoms with Gasteiger partial charge >= 0.3 is 0 Å². The summed E-state index contributed by atoms with van der Waals surface area (Å²) in [7, 11) is 0. The summed E-state index contributed by atoms with van der Waals surface area (Å²) in [4.78, 5) is 10.5. The van der Waals surface area contributed by atoms with Crippen molar-refractivity contribution in [3.8, 4) is 6.07 Å². The molecule has 0 aliphatic rings. The van der Waals surface area contributed by atoms with E-state index in [1.165, 1.54) is 12.1 Å². The SMILES string of the molecule is N#Cc1ccc(Nc2cccc(I)c2)c([N+](=O)[O-])c1. The van der Waals surface area contributed by atoms with Gasteiger partial charge in [-0.1, -0.05) is 6.07 Å². The summed E-state index contributed by atoms with van der Waals surface area (Å²) in [6.07, 6.45) is 0. The van der Waals surface area contributed by atoms with Gasteiger partial charge in [-0.2, -0.15) is 5.26 Å². The maximum atomic E-state index is 11.0. The molecule has 0 unspecified atom stereocenters. The minimum Gasteiger partial charge on any atom is -0.350 e. The molecule has 0 fully saturated rings. The first kappa shape index (κ1) is 13.3. The molecule has 1 N–H and O–H groups in total. The highest BCUT2D eigenvalue weighted by atomic mass is 127. The Morgan fingerprint density at radius 1 is 1.26 bits per heavy atom. The number of halogens is 1. The average molecular weight is 365 g/mol. The van der Waals surface area contributed by atoms with Gasteiger partial charge in [0, 0.05) is 15.3 Å². The highest BCUT2D eigenvalue weighted by molar-refractivity contribution is 14.1. The van der Waals surface area contributed by atoms with E-state index in [4.69, 9.17) is 5.26 Å². The largest absolute Gasteiger partial charge is 0.350 e. The van der Waals surface area contributed by atoms with Crippen LogP contribution in [0.3, 0.4) is 0 Å². The van der Waals surface area contributed by atoms with E-state index in [0.29, 0.717) is 5.69 Å². The van der Waals surface area contributed by atoms with Crippen molar-refractivity contribution < 1.29 is 4.92 Å². The minimum absolute atomic E-state index is 0.113. The molecular formula is C13H8IN3O2. The zero-order valence-corrected chi connectivity index (χ0v) is 11.8. The van der Waals surface area contributed by atoms with E-state index in [2.05, 4.69) is 27.9 Å². The monoisotopic (exact) mass is 365 g/mol. The van der Waals surface area contributed by atoms with Gasteiger partial charge in [0.05, 0.1) is 16.6 Å². The van der Waals surface area contributed by atoms with Crippen LogP contribution in [0.4, 0.5) is 17.1 Å². The second-order valence-electron chi connectivity index (χ2n) is 3.74. The molecule has 0 aliphatic carbocycles. The fourth-order valence-electron chi connectivity index (χ4n) is 1.58. The Balaban J connectivity index is 2.40. The molecule has 0 aromatic heterocycles. The van der Waals surface area contributed by atoms with Gasteiger partial charge in [0.2, 0.25) is 0 Å². The molecule has 5 nitrogen and oxygen atoms in total. The van der Waals surface area contributed by atoms with Crippen molar-refractivity contribution in [1.82, 2.24) is 0 Å². The summed E-state index contributed by atoms with van der Waals surface area (Å²) >= 11 is 2.16.